The molecular weight excluding hydrogens is 350 g/mol. The summed E-state index contributed by atoms with van der Waals surface area (Å²) in [6, 6.07) is 8.97. The second-order valence-electron chi connectivity index (χ2n) is 4.63. The molecule has 0 radical (unpaired) electrons. The van der Waals surface area contributed by atoms with Gasteiger partial charge in [0.05, 0.1) is 12.7 Å². The van der Waals surface area contributed by atoms with Crippen LogP contribution in [-0.2, 0) is 9.53 Å². The molecule has 1 aromatic heterocycles. The number of carbonyl (C=O) groups is 1. The summed E-state index contributed by atoms with van der Waals surface area (Å²) in [5.74, 6) is 1.57. The van der Waals surface area contributed by atoms with Gasteiger partial charge in [-0.2, -0.15) is 0 Å². The van der Waals surface area contributed by atoms with Crippen LogP contribution in [0, 0.1) is 6.92 Å². The Kier molecular flexibility index (Phi) is 3.85. The maximum Gasteiger partial charge on any atom is 0.363 e. The number of benzene rings is 1. The van der Waals surface area contributed by atoms with Crippen molar-refractivity contribution >= 4 is 33.9 Å². The molecule has 0 atom stereocenters. The van der Waals surface area contributed by atoms with E-state index in [2.05, 4.69) is 20.9 Å². The summed E-state index contributed by atoms with van der Waals surface area (Å²) in [6.45, 7) is 1.83. The fourth-order valence-corrected chi connectivity index (χ4v) is 2.40. The predicted octanol–water partition coefficient (Wildman–Crippen LogP) is 3.70. The second-order valence-corrected chi connectivity index (χ2v) is 5.54. The lowest BCUT2D eigenvalue weighted by molar-refractivity contribution is -0.129. The first-order valence-electron chi connectivity index (χ1n) is 6.50. The molecule has 0 spiro atoms. The molecule has 22 heavy (non-hydrogen) atoms. The Labute approximate surface area is 135 Å². The minimum Gasteiger partial charge on any atom is -0.496 e. The van der Waals surface area contributed by atoms with Crippen LogP contribution in [0.2, 0.25) is 0 Å². The molecule has 0 fully saturated rings. The summed E-state index contributed by atoms with van der Waals surface area (Å²) in [6.07, 6.45) is 1.55. The van der Waals surface area contributed by atoms with Crippen LogP contribution in [0.3, 0.4) is 0 Å². The third-order valence-corrected chi connectivity index (χ3v) is 3.55. The lowest BCUT2D eigenvalue weighted by Crippen LogP contribution is -2.07. The third kappa shape index (κ3) is 2.82. The summed E-state index contributed by atoms with van der Waals surface area (Å²) >= 11 is 3.38. The Bertz CT molecular complexity index is 804. The number of rotatable bonds is 3. The molecule has 1 aliphatic rings. The maximum absolute atomic E-state index is 12.0. The molecule has 0 saturated carbocycles. The lowest BCUT2D eigenvalue weighted by atomic mass is 10.2. The van der Waals surface area contributed by atoms with Crippen molar-refractivity contribution in [3.05, 3.63) is 57.6 Å². The van der Waals surface area contributed by atoms with Gasteiger partial charge >= 0.3 is 5.97 Å². The summed E-state index contributed by atoms with van der Waals surface area (Å²) < 4.78 is 16.8. The van der Waals surface area contributed by atoms with Crippen LogP contribution in [-0.4, -0.2) is 19.0 Å². The highest BCUT2D eigenvalue weighted by atomic mass is 79.9. The van der Waals surface area contributed by atoms with E-state index in [1.807, 2.05) is 19.1 Å². The normalized spacial score (nSPS) is 15.9. The first-order valence-corrected chi connectivity index (χ1v) is 7.29. The fourth-order valence-electron chi connectivity index (χ4n) is 2.04. The van der Waals surface area contributed by atoms with Crippen molar-refractivity contribution in [1.29, 1.82) is 0 Å². The topological polar surface area (TPSA) is 61.0 Å². The molecular formula is C16H12BrNO4. The molecule has 6 heteroatoms. The number of furan rings is 1. The van der Waals surface area contributed by atoms with E-state index >= 15 is 0 Å². The van der Waals surface area contributed by atoms with Crippen LogP contribution in [0.4, 0.5) is 0 Å². The van der Waals surface area contributed by atoms with Crippen LogP contribution < -0.4 is 4.74 Å². The number of hydrogen-bond donors (Lipinski definition) is 0. The van der Waals surface area contributed by atoms with E-state index in [4.69, 9.17) is 13.9 Å². The average Bonchev–Trinajstić information content (AvgIpc) is 3.06. The van der Waals surface area contributed by atoms with Crippen LogP contribution in [0.15, 0.2) is 49.9 Å². The first-order chi connectivity index (χ1) is 10.6. The lowest BCUT2D eigenvalue weighted by Gasteiger charge is -2.07. The van der Waals surface area contributed by atoms with Crippen LogP contribution in [0.25, 0.3) is 6.08 Å². The SMILES string of the molecule is COc1ccc(Br)cc1C1=N/C(=C/c2ccc(C)o2)C(=O)O1. The van der Waals surface area contributed by atoms with Crippen molar-refractivity contribution in [3.8, 4) is 5.75 Å². The molecule has 3 rings (SSSR count). The Morgan fingerprint density at radius 1 is 1.27 bits per heavy atom. The third-order valence-electron chi connectivity index (χ3n) is 3.05. The van der Waals surface area contributed by atoms with Crippen LogP contribution >= 0.6 is 15.9 Å². The molecule has 1 aliphatic heterocycles. The van der Waals surface area contributed by atoms with E-state index in [1.54, 1.807) is 31.4 Å². The Morgan fingerprint density at radius 2 is 2.09 bits per heavy atom. The summed E-state index contributed by atoms with van der Waals surface area (Å²) in [5, 5.41) is 0. The number of aryl methyl sites for hydroxylation is 1. The zero-order valence-corrected chi connectivity index (χ0v) is 13.5. The molecule has 5 nitrogen and oxygen atoms in total. The molecule has 0 N–H and O–H groups in total. The van der Waals surface area contributed by atoms with Crippen molar-refractivity contribution in [2.75, 3.05) is 7.11 Å². The van der Waals surface area contributed by atoms with Gasteiger partial charge in [0.1, 0.15) is 17.3 Å². The van der Waals surface area contributed by atoms with Gasteiger partial charge < -0.3 is 13.9 Å². The second kappa shape index (κ2) is 5.81. The van der Waals surface area contributed by atoms with E-state index in [1.165, 1.54) is 0 Å². The highest BCUT2D eigenvalue weighted by molar-refractivity contribution is 9.10. The highest BCUT2D eigenvalue weighted by Crippen LogP contribution is 2.28. The number of halogens is 1. The van der Waals surface area contributed by atoms with Crippen molar-refractivity contribution in [2.24, 2.45) is 4.99 Å². The number of esters is 1. The van der Waals surface area contributed by atoms with E-state index in [0.29, 0.717) is 17.1 Å². The van der Waals surface area contributed by atoms with Gasteiger partial charge in [0.2, 0.25) is 5.90 Å². The maximum atomic E-state index is 12.0. The van der Waals surface area contributed by atoms with Crippen molar-refractivity contribution in [1.82, 2.24) is 0 Å². The molecule has 2 aromatic rings. The smallest absolute Gasteiger partial charge is 0.363 e. The van der Waals surface area contributed by atoms with Crippen molar-refractivity contribution < 1.29 is 18.7 Å². The van der Waals surface area contributed by atoms with Gasteiger partial charge in [0.25, 0.3) is 0 Å². The van der Waals surface area contributed by atoms with E-state index in [-0.39, 0.29) is 11.6 Å². The molecule has 0 saturated heterocycles. The minimum atomic E-state index is -0.522. The standard InChI is InChI=1S/C16H12BrNO4/c1-9-3-5-11(21-9)8-13-16(19)22-15(18-13)12-7-10(17)4-6-14(12)20-2/h3-8H,1-2H3/b13-8+. The van der Waals surface area contributed by atoms with Gasteiger partial charge in [-0.25, -0.2) is 9.79 Å². The van der Waals surface area contributed by atoms with E-state index < -0.39 is 5.97 Å². The number of carbonyl (C=O) groups excluding carboxylic acids is 1. The number of cyclic esters (lactones) is 1. The van der Waals surface area contributed by atoms with Gasteiger partial charge in [-0.05, 0) is 37.3 Å². The molecule has 1 aromatic carbocycles. The zero-order valence-electron chi connectivity index (χ0n) is 11.9. The van der Waals surface area contributed by atoms with Gasteiger partial charge in [0.15, 0.2) is 5.70 Å². The van der Waals surface area contributed by atoms with E-state index in [9.17, 15) is 4.79 Å². The number of nitrogens with zero attached hydrogens (tertiary/aromatic N) is 1. The number of aliphatic imine (C=N–C) groups is 1. The van der Waals surface area contributed by atoms with Crippen molar-refractivity contribution in [3.63, 3.8) is 0 Å². The Morgan fingerprint density at radius 3 is 2.77 bits per heavy atom. The molecule has 0 bridgehead atoms. The zero-order chi connectivity index (χ0) is 15.7. The van der Waals surface area contributed by atoms with Crippen LogP contribution in [0.1, 0.15) is 17.1 Å². The number of ether oxygens (including phenoxy) is 2. The van der Waals surface area contributed by atoms with E-state index in [0.717, 1.165) is 10.2 Å². The molecule has 112 valence electrons. The van der Waals surface area contributed by atoms with Gasteiger partial charge in [-0.3, -0.25) is 0 Å². The van der Waals surface area contributed by atoms with Gasteiger partial charge in [-0.1, -0.05) is 15.9 Å². The largest absolute Gasteiger partial charge is 0.496 e. The first kappa shape index (κ1) is 14.6. The van der Waals surface area contributed by atoms with Gasteiger partial charge in [-0.15, -0.1) is 0 Å². The summed E-state index contributed by atoms with van der Waals surface area (Å²) in [4.78, 5) is 16.2. The van der Waals surface area contributed by atoms with Crippen LogP contribution in [0.5, 0.6) is 5.75 Å². The molecule has 2 heterocycles. The monoisotopic (exact) mass is 361 g/mol. The number of hydrogen-bond acceptors (Lipinski definition) is 5. The summed E-state index contributed by atoms with van der Waals surface area (Å²) in [5.41, 5.74) is 0.788. The minimum absolute atomic E-state index is 0.186. The Hall–Kier alpha value is -2.34. The highest BCUT2D eigenvalue weighted by Gasteiger charge is 2.26. The van der Waals surface area contributed by atoms with Crippen molar-refractivity contribution in [2.45, 2.75) is 6.92 Å². The fraction of sp³-hybridized carbons (Fsp3) is 0.125. The quantitative estimate of drug-likeness (QED) is 0.617. The molecule has 0 aliphatic carbocycles. The van der Waals surface area contributed by atoms with Gasteiger partial charge in [0, 0.05) is 10.5 Å². The Balaban J connectivity index is 2.00. The predicted molar refractivity (Wildman–Crippen MR) is 84.7 cm³/mol. The number of methoxy groups -OCH3 is 1. The average molecular weight is 362 g/mol. The molecule has 0 unspecified atom stereocenters. The molecule has 0 amide bonds. The summed E-state index contributed by atoms with van der Waals surface area (Å²) in [7, 11) is 1.55.